The lowest BCUT2D eigenvalue weighted by molar-refractivity contribution is -0.149. The average molecular weight is 679 g/mol. The van der Waals surface area contributed by atoms with Crippen LogP contribution >= 0.6 is 0 Å². The predicted molar refractivity (Wildman–Crippen MR) is 201 cm³/mol. The van der Waals surface area contributed by atoms with Gasteiger partial charge in [-0.3, -0.25) is 9.59 Å². The molecule has 0 aliphatic carbocycles. The van der Waals surface area contributed by atoms with Gasteiger partial charge in [0.05, 0.1) is 12.1 Å². The SMILES string of the molecule is CCCCCCCC/C=C\CCCCCCCC(=O)N[C@@H](COC(=O)[C@@H]1CCCN1)[C@H](O)[C@H](O)CCCCCCCCCCCCCC. The van der Waals surface area contributed by atoms with E-state index < -0.39 is 18.2 Å². The second-order valence-electron chi connectivity index (χ2n) is 14.5. The smallest absolute Gasteiger partial charge is 0.323 e. The van der Waals surface area contributed by atoms with E-state index in [0.717, 1.165) is 64.3 Å². The van der Waals surface area contributed by atoms with Gasteiger partial charge in [-0.1, -0.05) is 154 Å². The molecule has 48 heavy (non-hydrogen) atoms. The van der Waals surface area contributed by atoms with Crippen molar-refractivity contribution >= 4 is 11.9 Å². The zero-order chi connectivity index (χ0) is 34.9. The van der Waals surface area contributed by atoms with Crippen molar-refractivity contribution in [1.82, 2.24) is 10.6 Å². The van der Waals surface area contributed by atoms with Crippen LogP contribution in [-0.2, 0) is 14.3 Å². The second-order valence-corrected chi connectivity index (χ2v) is 14.5. The zero-order valence-electron chi connectivity index (χ0n) is 31.5. The summed E-state index contributed by atoms with van der Waals surface area (Å²) in [6, 6.07) is -1.15. The Hall–Kier alpha value is -1.44. The standard InChI is InChI=1S/C41H78N2O5/c1-3-5-7-9-11-13-15-17-18-19-21-23-25-27-29-33-39(45)43-37(35-48-41(47)36-31-30-34-42-36)40(46)38(44)32-28-26-24-22-20-16-14-12-10-8-6-4-2/h17-18,36-38,40,42,44,46H,3-16,19-35H2,1-2H3,(H,43,45)/b18-17-/t36-,37-,38+,40-/m0/s1. The maximum atomic E-state index is 12.8. The van der Waals surface area contributed by atoms with Crippen molar-refractivity contribution in [1.29, 1.82) is 0 Å². The van der Waals surface area contributed by atoms with Gasteiger partial charge in [0.2, 0.25) is 5.91 Å². The van der Waals surface area contributed by atoms with Gasteiger partial charge in [0.15, 0.2) is 0 Å². The molecule has 0 radical (unpaired) electrons. The highest BCUT2D eigenvalue weighted by atomic mass is 16.5. The number of ether oxygens (including phenoxy) is 1. The van der Waals surface area contributed by atoms with E-state index in [0.29, 0.717) is 12.8 Å². The molecule has 0 aromatic heterocycles. The van der Waals surface area contributed by atoms with E-state index in [1.807, 2.05) is 0 Å². The van der Waals surface area contributed by atoms with Crippen LogP contribution in [0.1, 0.15) is 200 Å². The molecule has 0 saturated carbocycles. The molecule has 1 heterocycles. The molecule has 1 aliphatic heterocycles. The molecular weight excluding hydrogens is 600 g/mol. The Labute approximate surface area is 296 Å². The van der Waals surface area contributed by atoms with Crippen molar-refractivity contribution in [3.8, 4) is 0 Å². The first-order valence-electron chi connectivity index (χ1n) is 20.7. The Morgan fingerprint density at radius 1 is 0.708 bits per heavy atom. The Morgan fingerprint density at radius 2 is 1.19 bits per heavy atom. The summed E-state index contributed by atoms with van der Waals surface area (Å²) < 4.78 is 5.52. The molecular formula is C41H78N2O5. The summed E-state index contributed by atoms with van der Waals surface area (Å²) >= 11 is 0. The molecule has 0 bridgehead atoms. The van der Waals surface area contributed by atoms with E-state index in [2.05, 4.69) is 36.6 Å². The molecule has 7 heteroatoms. The van der Waals surface area contributed by atoms with Gasteiger partial charge in [0.1, 0.15) is 18.8 Å². The van der Waals surface area contributed by atoms with Crippen molar-refractivity contribution < 1.29 is 24.5 Å². The fraction of sp³-hybridized carbons (Fsp3) is 0.902. The van der Waals surface area contributed by atoms with Crippen LogP contribution in [0.15, 0.2) is 12.2 Å². The van der Waals surface area contributed by atoms with Crippen LogP contribution < -0.4 is 10.6 Å². The molecule has 0 spiro atoms. The summed E-state index contributed by atoms with van der Waals surface area (Å²) in [5, 5.41) is 27.8. The van der Waals surface area contributed by atoms with Crippen molar-refractivity contribution in [2.75, 3.05) is 13.2 Å². The van der Waals surface area contributed by atoms with Gasteiger partial charge < -0.3 is 25.6 Å². The number of carbonyl (C=O) groups excluding carboxylic acids is 2. The number of esters is 1. The van der Waals surface area contributed by atoms with Gasteiger partial charge in [0.25, 0.3) is 0 Å². The zero-order valence-corrected chi connectivity index (χ0v) is 31.5. The van der Waals surface area contributed by atoms with Gasteiger partial charge in [-0.25, -0.2) is 0 Å². The third-order valence-electron chi connectivity index (χ3n) is 9.92. The van der Waals surface area contributed by atoms with Crippen molar-refractivity contribution in [2.24, 2.45) is 0 Å². The number of aliphatic hydroxyl groups is 2. The summed E-state index contributed by atoms with van der Waals surface area (Å²) in [5.74, 6) is -0.518. The highest BCUT2D eigenvalue weighted by Gasteiger charge is 2.30. The molecule has 1 amide bonds. The number of nitrogens with one attached hydrogen (secondary N) is 2. The molecule has 4 N–H and O–H groups in total. The summed E-state index contributed by atoms with van der Waals surface area (Å²) in [6.45, 7) is 5.17. The highest BCUT2D eigenvalue weighted by Crippen LogP contribution is 2.16. The number of rotatable bonds is 34. The summed E-state index contributed by atoms with van der Waals surface area (Å²) in [7, 11) is 0. The Morgan fingerprint density at radius 3 is 1.69 bits per heavy atom. The van der Waals surface area contributed by atoms with E-state index in [9.17, 15) is 19.8 Å². The van der Waals surface area contributed by atoms with Crippen LogP contribution in [0.5, 0.6) is 0 Å². The third kappa shape index (κ3) is 25.5. The highest BCUT2D eigenvalue weighted by molar-refractivity contribution is 5.77. The Balaban J connectivity index is 2.27. The topological polar surface area (TPSA) is 108 Å². The first-order valence-corrected chi connectivity index (χ1v) is 20.7. The van der Waals surface area contributed by atoms with Gasteiger partial charge in [0, 0.05) is 6.42 Å². The molecule has 282 valence electrons. The average Bonchev–Trinajstić information content (AvgIpc) is 3.64. The van der Waals surface area contributed by atoms with Crippen LogP contribution in [0.4, 0.5) is 0 Å². The fourth-order valence-corrected chi connectivity index (χ4v) is 6.65. The largest absolute Gasteiger partial charge is 0.462 e. The van der Waals surface area contributed by atoms with Crippen molar-refractivity contribution in [2.45, 2.75) is 224 Å². The second kappa shape index (κ2) is 32.7. The third-order valence-corrected chi connectivity index (χ3v) is 9.92. The molecule has 1 saturated heterocycles. The number of hydrogen-bond donors (Lipinski definition) is 4. The predicted octanol–water partition coefficient (Wildman–Crippen LogP) is 9.62. The van der Waals surface area contributed by atoms with Crippen LogP contribution in [0.2, 0.25) is 0 Å². The Kier molecular flexibility index (Phi) is 30.4. The van der Waals surface area contributed by atoms with Crippen LogP contribution in [0, 0.1) is 0 Å². The first kappa shape index (κ1) is 44.6. The van der Waals surface area contributed by atoms with Crippen molar-refractivity contribution in [3.63, 3.8) is 0 Å². The van der Waals surface area contributed by atoms with Crippen LogP contribution in [0.25, 0.3) is 0 Å². The van der Waals surface area contributed by atoms with Gasteiger partial charge in [-0.2, -0.15) is 0 Å². The summed E-state index contributed by atoms with van der Waals surface area (Å²) in [5.41, 5.74) is 0. The quantitative estimate of drug-likeness (QED) is 0.0307. The molecule has 0 unspecified atom stereocenters. The Bertz CT molecular complexity index is 770. The monoisotopic (exact) mass is 679 g/mol. The van der Waals surface area contributed by atoms with Crippen LogP contribution in [0.3, 0.4) is 0 Å². The molecule has 0 aromatic carbocycles. The molecule has 1 fully saturated rings. The number of carbonyl (C=O) groups is 2. The van der Waals surface area contributed by atoms with E-state index in [-0.39, 0.29) is 24.5 Å². The van der Waals surface area contributed by atoms with Crippen LogP contribution in [-0.4, -0.2) is 59.5 Å². The van der Waals surface area contributed by atoms with Gasteiger partial charge in [-0.05, 0) is 57.9 Å². The summed E-state index contributed by atoms with van der Waals surface area (Å²) in [4.78, 5) is 25.3. The molecule has 4 atom stereocenters. The first-order chi connectivity index (χ1) is 23.5. The minimum absolute atomic E-state index is 0.133. The van der Waals surface area contributed by atoms with E-state index >= 15 is 0 Å². The molecule has 7 nitrogen and oxygen atoms in total. The van der Waals surface area contributed by atoms with E-state index in [1.54, 1.807) is 0 Å². The van der Waals surface area contributed by atoms with Crippen molar-refractivity contribution in [3.05, 3.63) is 12.2 Å². The lowest BCUT2D eigenvalue weighted by Gasteiger charge is -2.28. The normalized spacial score (nSPS) is 16.7. The van der Waals surface area contributed by atoms with E-state index in [1.165, 1.54) is 116 Å². The van der Waals surface area contributed by atoms with Gasteiger partial charge in [-0.15, -0.1) is 0 Å². The minimum Gasteiger partial charge on any atom is -0.462 e. The van der Waals surface area contributed by atoms with Gasteiger partial charge >= 0.3 is 5.97 Å². The maximum Gasteiger partial charge on any atom is 0.323 e. The summed E-state index contributed by atoms with van der Waals surface area (Å²) in [6.07, 6.45) is 35.5. The molecule has 1 rings (SSSR count). The number of hydrogen-bond acceptors (Lipinski definition) is 6. The lowest BCUT2D eigenvalue weighted by atomic mass is 9.99. The van der Waals surface area contributed by atoms with E-state index in [4.69, 9.17) is 4.74 Å². The number of aliphatic hydroxyl groups excluding tert-OH is 2. The number of allylic oxidation sites excluding steroid dienone is 2. The number of unbranched alkanes of at least 4 members (excludes halogenated alkanes) is 22. The number of amides is 1. The lowest BCUT2D eigenvalue weighted by Crippen LogP contribution is -2.52. The fourth-order valence-electron chi connectivity index (χ4n) is 6.65. The minimum atomic E-state index is -1.18. The molecule has 0 aromatic rings. The molecule has 1 aliphatic rings. The maximum absolute atomic E-state index is 12.8.